The summed E-state index contributed by atoms with van der Waals surface area (Å²) in [4.78, 5) is 4.89. The van der Waals surface area contributed by atoms with Gasteiger partial charge in [0, 0.05) is 45.0 Å². The molecular weight excluding hydrogens is 809 g/mol. The number of fused-ring (bicyclic) bond motifs is 5. The molecule has 0 heterocycles. The topological polar surface area (TPSA) is 6.48 Å². The lowest BCUT2D eigenvalue weighted by atomic mass is 9.63. The summed E-state index contributed by atoms with van der Waals surface area (Å²) < 4.78 is 0. The Kier molecular flexibility index (Phi) is 10.5. The van der Waals surface area contributed by atoms with Crippen molar-refractivity contribution in [3.8, 4) is 22.3 Å². The van der Waals surface area contributed by atoms with E-state index >= 15 is 0 Å². The lowest BCUT2D eigenvalue weighted by molar-refractivity contribution is 0.280. The van der Waals surface area contributed by atoms with Crippen LogP contribution in [0.2, 0.25) is 0 Å². The highest BCUT2D eigenvalue weighted by atomic mass is 15.1. The Morgan fingerprint density at radius 1 is 0.433 bits per heavy atom. The van der Waals surface area contributed by atoms with E-state index in [1.165, 1.54) is 111 Å². The molecule has 0 spiro atoms. The molecule has 0 N–H and O–H groups in total. The average molecular weight is 871 g/mol. The Morgan fingerprint density at radius 3 is 1.51 bits per heavy atom. The third-order valence-electron chi connectivity index (χ3n) is 16.9. The van der Waals surface area contributed by atoms with Crippen LogP contribution in [0.15, 0.2) is 200 Å². The second-order valence-electron chi connectivity index (χ2n) is 21.0. The monoisotopic (exact) mass is 870 g/mol. The van der Waals surface area contributed by atoms with Crippen molar-refractivity contribution in [3.05, 3.63) is 228 Å². The molecule has 4 aliphatic rings. The summed E-state index contributed by atoms with van der Waals surface area (Å²) in [5, 5.41) is 0. The third kappa shape index (κ3) is 7.32. The number of hydrogen-bond donors (Lipinski definition) is 0. The molecule has 0 radical (unpaired) electrons. The van der Waals surface area contributed by atoms with Gasteiger partial charge in [-0.05, 0) is 191 Å². The molecule has 8 aromatic rings. The Balaban J connectivity index is 0.931. The van der Waals surface area contributed by atoms with E-state index in [9.17, 15) is 0 Å². The maximum absolute atomic E-state index is 2.53. The average Bonchev–Trinajstić information content (AvgIpc) is 4.09. The summed E-state index contributed by atoms with van der Waals surface area (Å²) in [6.07, 6.45) is 10.4. The molecule has 3 saturated carbocycles. The first-order chi connectivity index (χ1) is 32.8. The normalized spacial score (nSPS) is 22.3. The molecule has 2 nitrogen and oxygen atoms in total. The zero-order chi connectivity index (χ0) is 45.1. The van der Waals surface area contributed by atoms with Gasteiger partial charge in [-0.3, -0.25) is 0 Å². The molecule has 67 heavy (non-hydrogen) atoms. The van der Waals surface area contributed by atoms with Crippen molar-refractivity contribution in [3.63, 3.8) is 0 Å². The zero-order valence-corrected chi connectivity index (χ0v) is 39.4. The van der Waals surface area contributed by atoms with Crippen molar-refractivity contribution >= 4 is 34.1 Å². The summed E-state index contributed by atoms with van der Waals surface area (Å²) in [6, 6.07) is 75.7. The van der Waals surface area contributed by atoms with Crippen molar-refractivity contribution in [2.24, 2.45) is 17.8 Å². The van der Waals surface area contributed by atoms with E-state index < -0.39 is 0 Å². The first-order valence-corrected chi connectivity index (χ1v) is 25.2. The Bertz CT molecular complexity index is 2960. The summed E-state index contributed by atoms with van der Waals surface area (Å²) in [7, 11) is 0. The zero-order valence-electron chi connectivity index (χ0n) is 39.4. The van der Waals surface area contributed by atoms with Crippen molar-refractivity contribution in [1.82, 2.24) is 0 Å². The predicted octanol–water partition coefficient (Wildman–Crippen LogP) is 18.0. The molecule has 0 aliphatic heterocycles. The van der Waals surface area contributed by atoms with Gasteiger partial charge in [-0.25, -0.2) is 0 Å². The van der Waals surface area contributed by atoms with E-state index in [1.807, 2.05) is 0 Å². The van der Waals surface area contributed by atoms with E-state index in [1.54, 1.807) is 0 Å². The van der Waals surface area contributed by atoms with Gasteiger partial charge in [0.2, 0.25) is 0 Å². The predicted molar refractivity (Wildman–Crippen MR) is 282 cm³/mol. The molecule has 0 aromatic heterocycles. The molecule has 2 bridgehead atoms. The van der Waals surface area contributed by atoms with Crippen LogP contribution in [0.1, 0.15) is 106 Å². The highest BCUT2D eigenvalue weighted by molar-refractivity contribution is 5.94. The summed E-state index contributed by atoms with van der Waals surface area (Å²) >= 11 is 0. The Labute approximate surface area is 399 Å². The van der Waals surface area contributed by atoms with Gasteiger partial charge < -0.3 is 9.80 Å². The maximum Gasteiger partial charge on any atom is 0.0465 e. The number of benzene rings is 8. The summed E-state index contributed by atoms with van der Waals surface area (Å²) in [5.74, 6) is 3.23. The third-order valence-corrected chi connectivity index (χ3v) is 16.9. The molecule has 3 atom stereocenters. The summed E-state index contributed by atoms with van der Waals surface area (Å²) in [5.41, 5.74) is 19.4. The molecule has 12 rings (SSSR count). The number of anilines is 6. The van der Waals surface area contributed by atoms with Crippen LogP contribution in [-0.2, 0) is 10.8 Å². The molecule has 3 unspecified atom stereocenters. The molecule has 3 fully saturated rings. The fraction of sp³-hybridized carbons (Fsp3) is 0.262. The molecule has 4 aliphatic carbocycles. The second kappa shape index (κ2) is 16.9. The molecule has 0 amide bonds. The van der Waals surface area contributed by atoms with Crippen LogP contribution in [-0.4, -0.2) is 0 Å². The smallest absolute Gasteiger partial charge is 0.0465 e. The van der Waals surface area contributed by atoms with Gasteiger partial charge in [0.25, 0.3) is 0 Å². The molecule has 0 saturated heterocycles. The largest absolute Gasteiger partial charge is 0.311 e. The Morgan fingerprint density at radius 2 is 0.955 bits per heavy atom. The lowest BCUT2D eigenvalue weighted by Gasteiger charge is -2.41. The van der Waals surface area contributed by atoms with Crippen LogP contribution in [0, 0.1) is 17.8 Å². The minimum Gasteiger partial charge on any atom is -0.311 e. The van der Waals surface area contributed by atoms with Crippen LogP contribution < -0.4 is 9.80 Å². The first kappa shape index (κ1) is 41.8. The fourth-order valence-corrected chi connectivity index (χ4v) is 13.2. The highest BCUT2D eigenvalue weighted by Crippen LogP contribution is 2.56. The van der Waals surface area contributed by atoms with E-state index in [2.05, 4.69) is 231 Å². The van der Waals surface area contributed by atoms with Crippen molar-refractivity contribution in [2.45, 2.75) is 88.9 Å². The fourth-order valence-electron chi connectivity index (χ4n) is 13.2. The number of hydrogen-bond acceptors (Lipinski definition) is 2. The van der Waals surface area contributed by atoms with Crippen LogP contribution >= 0.6 is 0 Å². The SMILES string of the molecule is CC1CCC(c2ccc(N(c3ccccc3)c3ccccc3)cc2)(c2ccc(N(c3ccc(C4CC5CCC4C5)cc3)c3ccc4c(c3)C(C)(C)c3cccc(-c5ccccc5)c3-4)cc2)CC1. The van der Waals surface area contributed by atoms with Gasteiger partial charge in [-0.1, -0.05) is 155 Å². The van der Waals surface area contributed by atoms with Crippen molar-refractivity contribution in [2.75, 3.05) is 9.80 Å². The van der Waals surface area contributed by atoms with Gasteiger partial charge in [0.1, 0.15) is 0 Å². The quantitative estimate of drug-likeness (QED) is 0.135. The second-order valence-corrected chi connectivity index (χ2v) is 21.0. The first-order valence-electron chi connectivity index (χ1n) is 25.2. The van der Waals surface area contributed by atoms with Gasteiger partial charge in [0.15, 0.2) is 0 Å². The minimum absolute atomic E-state index is 0.0547. The highest BCUT2D eigenvalue weighted by Gasteiger charge is 2.41. The summed E-state index contributed by atoms with van der Waals surface area (Å²) in [6.45, 7) is 7.27. The maximum atomic E-state index is 2.53. The lowest BCUT2D eigenvalue weighted by Crippen LogP contribution is -2.32. The van der Waals surface area contributed by atoms with E-state index in [4.69, 9.17) is 0 Å². The molecular formula is C65H62N2. The van der Waals surface area contributed by atoms with E-state index in [0.29, 0.717) is 5.92 Å². The molecule has 2 heteroatoms. The van der Waals surface area contributed by atoms with Gasteiger partial charge in [-0.15, -0.1) is 0 Å². The van der Waals surface area contributed by atoms with Crippen molar-refractivity contribution < 1.29 is 0 Å². The van der Waals surface area contributed by atoms with Crippen LogP contribution in [0.5, 0.6) is 0 Å². The minimum atomic E-state index is -0.147. The van der Waals surface area contributed by atoms with Gasteiger partial charge >= 0.3 is 0 Å². The molecule has 332 valence electrons. The van der Waals surface area contributed by atoms with E-state index in [0.717, 1.165) is 42.0 Å². The molecule has 8 aromatic carbocycles. The van der Waals surface area contributed by atoms with Crippen molar-refractivity contribution in [1.29, 1.82) is 0 Å². The van der Waals surface area contributed by atoms with Crippen LogP contribution in [0.4, 0.5) is 34.1 Å². The van der Waals surface area contributed by atoms with E-state index in [-0.39, 0.29) is 10.8 Å². The number of para-hydroxylation sites is 2. The van der Waals surface area contributed by atoms with Gasteiger partial charge in [-0.2, -0.15) is 0 Å². The Hall–Kier alpha value is -6.64. The van der Waals surface area contributed by atoms with Crippen LogP contribution in [0.25, 0.3) is 22.3 Å². The number of rotatable bonds is 10. The van der Waals surface area contributed by atoms with Crippen LogP contribution in [0.3, 0.4) is 0 Å². The number of nitrogens with zero attached hydrogens (tertiary/aromatic N) is 2. The standard InChI is InChI=1S/C65H62N2/c1-45-38-40-65(41-39-45,50-26-32-55(33-27-50)66(52-16-9-5-10-17-52)53-18-11-6-12-19-53)51-28-34-56(35-29-51)67(54-30-24-48(25-31-54)60-43-46-22-23-49(60)42-46)57-36-37-59-62(44-57)64(2,3)61-21-13-20-58(63(59)61)47-14-7-4-8-15-47/h4-21,24-37,44-46,49,60H,22-23,38-43H2,1-3H3. The van der Waals surface area contributed by atoms with Gasteiger partial charge in [0.05, 0.1) is 0 Å².